The van der Waals surface area contributed by atoms with Crippen LogP contribution in [-0.2, 0) is 9.59 Å². The van der Waals surface area contributed by atoms with Crippen molar-refractivity contribution in [2.45, 2.75) is 72.1 Å². The quantitative estimate of drug-likeness (QED) is 0.415. The molecule has 0 aliphatic carbocycles. The fourth-order valence-corrected chi connectivity index (χ4v) is 5.22. The highest BCUT2D eigenvalue weighted by atomic mass is 32.1. The third-order valence-corrected chi connectivity index (χ3v) is 7.42. The summed E-state index contributed by atoms with van der Waals surface area (Å²) in [6, 6.07) is 0.470. The molecule has 0 radical (unpaired) electrons. The lowest BCUT2D eigenvalue weighted by molar-refractivity contribution is -0.141. The van der Waals surface area contributed by atoms with Crippen molar-refractivity contribution < 1.29 is 19.2 Å². The van der Waals surface area contributed by atoms with E-state index in [0.717, 1.165) is 16.1 Å². The Labute approximate surface area is 216 Å². The third kappa shape index (κ3) is 6.12. The largest absolute Gasteiger partial charge is 0.391 e. The molecular formula is C27H34N4O4S. The van der Waals surface area contributed by atoms with Crippen LogP contribution in [0.1, 0.15) is 62.1 Å². The van der Waals surface area contributed by atoms with Gasteiger partial charge in [-0.2, -0.15) is 0 Å². The summed E-state index contributed by atoms with van der Waals surface area (Å²) in [4.78, 5) is 33.6. The van der Waals surface area contributed by atoms with Gasteiger partial charge < -0.3 is 19.8 Å². The van der Waals surface area contributed by atoms with Crippen LogP contribution in [-0.4, -0.2) is 56.7 Å². The predicted octanol–water partition coefficient (Wildman–Crippen LogP) is 3.62. The molecule has 2 aromatic rings. The molecule has 1 aliphatic rings. The Hall–Kier alpha value is -3.22. The Balaban J connectivity index is 1.76. The number of thiazole rings is 1. The maximum Gasteiger partial charge on any atom is 0.243 e. The average Bonchev–Trinajstić information content (AvgIpc) is 3.53. The number of β-amino-alcohol motifs (C(OH)–C–C–N with tert-alkyl or cyclic N) is 1. The Kier molecular flexibility index (Phi) is 8.88. The van der Waals surface area contributed by atoms with Crippen molar-refractivity contribution in [2.75, 3.05) is 6.54 Å². The molecule has 1 unspecified atom stereocenters. The molecule has 2 aromatic heterocycles. The smallest absolute Gasteiger partial charge is 0.243 e. The number of hydrogen-bond acceptors (Lipinski definition) is 7. The second-order valence-electron chi connectivity index (χ2n) is 9.60. The van der Waals surface area contributed by atoms with Gasteiger partial charge in [0.05, 0.1) is 33.9 Å². The standard InChI is InChI=1S/C27H34N4O4S/c1-8-20(10-9-16(4)25-19(7)28-14-36-25)18(6)29-26(33)22-12-21(32)13-31(22)27(34)24(15(2)3)23-11-17(5)30-35-23/h1,9-11,14-15,18,21-22,24,32H,12-13H2,2-7H3,(H,29,33)/b16-9+,20-10+/t18-,21+,22-,24?/m0/s1. The lowest BCUT2D eigenvalue weighted by Gasteiger charge is -2.29. The molecule has 3 rings (SSSR count). The number of aromatic nitrogens is 2. The maximum absolute atomic E-state index is 13.5. The van der Waals surface area contributed by atoms with Crippen LogP contribution in [0.25, 0.3) is 5.57 Å². The number of carbonyl (C=O) groups is 2. The molecule has 0 aromatic carbocycles. The topological polar surface area (TPSA) is 109 Å². The number of amides is 2. The van der Waals surface area contributed by atoms with E-state index in [4.69, 9.17) is 10.9 Å². The molecule has 0 saturated carbocycles. The second kappa shape index (κ2) is 11.7. The van der Waals surface area contributed by atoms with Gasteiger partial charge in [-0.3, -0.25) is 9.59 Å². The molecule has 0 bridgehead atoms. The van der Waals surface area contributed by atoms with Crippen molar-refractivity contribution in [1.29, 1.82) is 0 Å². The van der Waals surface area contributed by atoms with E-state index in [1.165, 1.54) is 4.90 Å². The molecule has 3 heterocycles. The number of terminal acetylenes is 1. The van der Waals surface area contributed by atoms with Crippen LogP contribution >= 0.6 is 11.3 Å². The fourth-order valence-electron chi connectivity index (χ4n) is 4.43. The minimum atomic E-state index is -0.809. The first-order valence-corrected chi connectivity index (χ1v) is 12.9. The van der Waals surface area contributed by atoms with Gasteiger partial charge >= 0.3 is 0 Å². The Morgan fingerprint density at radius 3 is 2.61 bits per heavy atom. The van der Waals surface area contributed by atoms with E-state index in [2.05, 4.69) is 21.4 Å². The number of aliphatic hydroxyl groups excluding tert-OH is 1. The Morgan fingerprint density at radius 1 is 1.33 bits per heavy atom. The molecular weight excluding hydrogens is 476 g/mol. The summed E-state index contributed by atoms with van der Waals surface area (Å²) in [6.45, 7) is 11.4. The number of nitrogens with zero attached hydrogens (tertiary/aromatic N) is 3. The monoisotopic (exact) mass is 510 g/mol. The number of carbonyl (C=O) groups excluding carboxylic acids is 2. The zero-order valence-electron chi connectivity index (χ0n) is 21.6. The van der Waals surface area contributed by atoms with Crippen LogP contribution in [0, 0.1) is 32.1 Å². The third-order valence-electron chi connectivity index (χ3n) is 6.36. The van der Waals surface area contributed by atoms with Gasteiger partial charge in [0.2, 0.25) is 11.8 Å². The van der Waals surface area contributed by atoms with Gasteiger partial charge in [-0.1, -0.05) is 31.0 Å². The van der Waals surface area contributed by atoms with Crippen LogP contribution in [0.15, 0.2) is 33.8 Å². The molecule has 1 fully saturated rings. The van der Waals surface area contributed by atoms with E-state index in [9.17, 15) is 14.7 Å². The van der Waals surface area contributed by atoms with Crippen LogP contribution < -0.4 is 5.32 Å². The molecule has 2 amide bonds. The zero-order valence-corrected chi connectivity index (χ0v) is 22.4. The highest BCUT2D eigenvalue weighted by molar-refractivity contribution is 7.10. The van der Waals surface area contributed by atoms with Crippen molar-refractivity contribution in [3.05, 3.63) is 51.3 Å². The van der Waals surface area contributed by atoms with E-state index >= 15 is 0 Å². The number of aryl methyl sites for hydroxylation is 2. The molecule has 1 saturated heterocycles. The number of allylic oxidation sites excluding steroid dienone is 3. The number of aliphatic hydroxyl groups is 1. The summed E-state index contributed by atoms with van der Waals surface area (Å²) in [5.41, 5.74) is 5.05. The molecule has 8 nitrogen and oxygen atoms in total. The van der Waals surface area contributed by atoms with Crippen molar-refractivity contribution in [2.24, 2.45) is 5.92 Å². The molecule has 0 spiro atoms. The lowest BCUT2D eigenvalue weighted by atomic mass is 9.91. The Bertz CT molecular complexity index is 1200. The first-order chi connectivity index (χ1) is 17.0. The number of nitrogens with one attached hydrogen (secondary N) is 1. The number of rotatable bonds is 8. The summed E-state index contributed by atoms with van der Waals surface area (Å²) in [7, 11) is 0. The van der Waals surface area contributed by atoms with Crippen LogP contribution in [0.3, 0.4) is 0 Å². The number of likely N-dealkylation sites (tertiary alicyclic amines) is 1. The summed E-state index contributed by atoms with van der Waals surface area (Å²) in [5, 5.41) is 17.2. The van der Waals surface area contributed by atoms with Gasteiger partial charge in [0, 0.05) is 24.6 Å². The molecule has 36 heavy (non-hydrogen) atoms. The minimum absolute atomic E-state index is 0.0790. The van der Waals surface area contributed by atoms with Crippen molar-refractivity contribution in [3.63, 3.8) is 0 Å². The second-order valence-corrected chi connectivity index (χ2v) is 10.5. The molecule has 2 N–H and O–H groups in total. The normalized spacial score (nSPS) is 20.4. The highest BCUT2D eigenvalue weighted by Gasteiger charge is 2.43. The van der Waals surface area contributed by atoms with Gasteiger partial charge in [0.25, 0.3) is 0 Å². The molecule has 1 aliphatic heterocycles. The predicted molar refractivity (Wildman–Crippen MR) is 140 cm³/mol. The summed E-state index contributed by atoms with van der Waals surface area (Å²) in [6.07, 6.45) is 8.84. The van der Waals surface area contributed by atoms with Gasteiger partial charge in [0.15, 0.2) is 0 Å². The number of hydrogen-bond donors (Lipinski definition) is 2. The lowest BCUT2D eigenvalue weighted by Crippen LogP contribution is -2.50. The van der Waals surface area contributed by atoms with Crippen molar-refractivity contribution >= 4 is 28.7 Å². The van der Waals surface area contributed by atoms with E-state index in [1.54, 1.807) is 36.8 Å². The molecule has 192 valence electrons. The highest BCUT2D eigenvalue weighted by Crippen LogP contribution is 2.31. The molecule has 9 heteroatoms. The van der Waals surface area contributed by atoms with E-state index in [-0.39, 0.29) is 30.7 Å². The minimum Gasteiger partial charge on any atom is -0.391 e. The Morgan fingerprint density at radius 2 is 2.06 bits per heavy atom. The fraction of sp³-hybridized carbons (Fsp3) is 0.481. The van der Waals surface area contributed by atoms with Gasteiger partial charge in [-0.25, -0.2) is 4.98 Å². The van der Waals surface area contributed by atoms with Gasteiger partial charge in [-0.05, 0) is 45.3 Å². The van der Waals surface area contributed by atoms with Crippen LogP contribution in [0.5, 0.6) is 0 Å². The van der Waals surface area contributed by atoms with E-state index in [1.807, 2.05) is 39.8 Å². The molecule has 4 atom stereocenters. The van der Waals surface area contributed by atoms with Gasteiger partial charge in [0.1, 0.15) is 17.7 Å². The zero-order chi connectivity index (χ0) is 26.6. The summed E-state index contributed by atoms with van der Waals surface area (Å²) >= 11 is 1.56. The maximum atomic E-state index is 13.5. The van der Waals surface area contributed by atoms with Crippen LogP contribution in [0.2, 0.25) is 0 Å². The van der Waals surface area contributed by atoms with E-state index < -0.39 is 24.1 Å². The average molecular weight is 511 g/mol. The first kappa shape index (κ1) is 27.4. The first-order valence-electron chi connectivity index (χ1n) is 12.0. The van der Waals surface area contributed by atoms with Gasteiger partial charge in [-0.15, -0.1) is 17.8 Å². The van der Waals surface area contributed by atoms with Crippen molar-refractivity contribution in [1.82, 2.24) is 20.4 Å². The summed E-state index contributed by atoms with van der Waals surface area (Å²) < 4.78 is 5.38. The van der Waals surface area contributed by atoms with E-state index in [0.29, 0.717) is 17.0 Å². The summed E-state index contributed by atoms with van der Waals surface area (Å²) in [5.74, 6) is 1.80. The van der Waals surface area contributed by atoms with Crippen molar-refractivity contribution in [3.8, 4) is 12.3 Å². The SMILES string of the molecule is C#C/C(=C\C=C(/C)c1scnc1C)[C@H](C)NC(=O)[C@@H]1C[C@@H](O)CN1C(=O)C(c1cc(C)no1)C(C)C. The van der Waals surface area contributed by atoms with Crippen LogP contribution in [0.4, 0.5) is 0 Å².